The first kappa shape index (κ1) is 14.5. The molecular weight excluding hydrogens is 280 g/mol. The topological polar surface area (TPSA) is 97.2 Å². The molecule has 20 heavy (non-hydrogen) atoms. The second-order valence-electron chi connectivity index (χ2n) is 4.91. The summed E-state index contributed by atoms with van der Waals surface area (Å²) >= 11 is 0. The van der Waals surface area contributed by atoms with Gasteiger partial charge in [-0.05, 0) is 19.3 Å². The molecule has 0 bridgehead atoms. The zero-order valence-corrected chi connectivity index (χ0v) is 11.8. The third kappa shape index (κ3) is 3.33. The number of aromatic nitrogens is 2. The van der Waals surface area contributed by atoms with Gasteiger partial charge in [-0.2, -0.15) is 0 Å². The largest absolute Gasteiger partial charge is 0.481 e. The molecular formula is C13H14N2O4S. The lowest BCUT2D eigenvalue weighted by Gasteiger charge is -2.04. The maximum absolute atomic E-state index is 11.2. The Morgan fingerprint density at radius 1 is 1.40 bits per heavy atom. The van der Waals surface area contributed by atoms with E-state index in [0.29, 0.717) is 18.4 Å². The van der Waals surface area contributed by atoms with E-state index in [9.17, 15) is 13.2 Å². The maximum atomic E-state index is 11.2. The van der Waals surface area contributed by atoms with Gasteiger partial charge >= 0.3 is 5.97 Å². The summed E-state index contributed by atoms with van der Waals surface area (Å²) in [6.45, 7) is 0. The number of rotatable bonds is 4. The van der Waals surface area contributed by atoms with Crippen molar-refractivity contribution in [2.75, 3.05) is 6.26 Å². The molecule has 1 aliphatic rings. The normalized spacial score (nSPS) is 16.1. The summed E-state index contributed by atoms with van der Waals surface area (Å²) < 4.78 is 22.3. The van der Waals surface area contributed by atoms with Gasteiger partial charge in [0, 0.05) is 25.1 Å². The van der Waals surface area contributed by atoms with Crippen LogP contribution in [0.1, 0.15) is 31.2 Å². The van der Waals surface area contributed by atoms with Gasteiger partial charge in [0.1, 0.15) is 0 Å². The first-order valence-electron chi connectivity index (χ1n) is 6.08. The van der Waals surface area contributed by atoms with E-state index in [0.717, 1.165) is 19.1 Å². The summed E-state index contributed by atoms with van der Waals surface area (Å²) in [4.78, 5) is 18.4. The van der Waals surface area contributed by atoms with Crippen LogP contribution in [0.5, 0.6) is 0 Å². The molecule has 1 saturated carbocycles. The lowest BCUT2D eigenvalue weighted by atomic mass is 10.0. The van der Waals surface area contributed by atoms with Gasteiger partial charge in [-0.1, -0.05) is 11.8 Å². The van der Waals surface area contributed by atoms with Crippen LogP contribution in [0.25, 0.3) is 0 Å². The first-order chi connectivity index (χ1) is 9.33. The molecule has 0 radical (unpaired) electrons. The van der Waals surface area contributed by atoms with Gasteiger partial charge in [0.15, 0.2) is 0 Å². The van der Waals surface area contributed by atoms with Crippen LogP contribution in [0.2, 0.25) is 0 Å². The van der Waals surface area contributed by atoms with Crippen molar-refractivity contribution < 1.29 is 18.3 Å². The Hall–Kier alpha value is -1.94. The molecule has 6 nitrogen and oxygen atoms in total. The van der Waals surface area contributed by atoms with Crippen LogP contribution >= 0.6 is 0 Å². The first-order valence-corrected chi connectivity index (χ1v) is 7.97. The van der Waals surface area contributed by atoms with Crippen LogP contribution in [0.4, 0.5) is 0 Å². The second kappa shape index (κ2) is 5.21. The average Bonchev–Trinajstić information content (AvgIpc) is 3.15. The highest BCUT2D eigenvalue weighted by Gasteiger charge is 2.49. The van der Waals surface area contributed by atoms with E-state index in [2.05, 4.69) is 21.8 Å². The van der Waals surface area contributed by atoms with E-state index in [1.807, 2.05) is 0 Å². The monoisotopic (exact) mass is 294 g/mol. The lowest BCUT2D eigenvalue weighted by Crippen LogP contribution is -2.13. The van der Waals surface area contributed by atoms with E-state index in [-0.39, 0.29) is 5.16 Å². The minimum atomic E-state index is -3.40. The number of hydrogen-bond donors (Lipinski definition) is 1. The molecule has 2 rings (SSSR count). The SMILES string of the molecule is CS(=O)(=O)c1ncc(C#CCCC2(C(=O)O)CC2)cn1. The molecule has 1 heterocycles. The fraction of sp³-hybridized carbons (Fsp3) is 0.462. The fourth-order valence-electron chi connectivity index (χ4n) is 1.76. The molecule has 106 valence electrons. The molecule has 1 aliphatic carbocycles. The summed E-state index contributed by atoms with van der Waals surface area (Å²) in [6, 6.07) is 0. The Morgan fingerprint density at radius 2 is 2.00 bits per heavy atom. The van der Waals surface area contributed by atoms with Gasteiger partial charge in [0.2, 0.25) is 15.0 Å². The Kier molecular flexibility index (Phi) is 3.77. The van der Waals surface area contributed by atoms with Crippen molar-refractivity contribution in [2.45, 2.75) is 30.8 Å². The molecule has 1 fully saturated rings. The minimum Gasteiger partial charge on any atom is -0.481 e. The molecule has 0 saturated heterocycles. The number of sulfone groups is 1. The molecule has 0 spiro atoms. The summed E-state index contributed by atoms with van der Waals surface area (Å²) in [5, 5.41) is 8.77. The van der Waals surface area contributed by atoms with Crippen LogP contribution in [0.15, 0.2) is 17.6 Å². The lowest BCUT2D eigenvalue weighted by molar-refractivity contribution is -0.143. The summed E-state index contributed by atoms with van der Waals surface area (Å²) in [7, 11) is -3.40. The maximum Gasteiger partial charge on any atom is 0.309 e. The molecule has 0 aromatic carbocycles. The van der Waals surface area contributed by atoms with E-state index < -0.39 is 21.2 Å². The third-order valence-corrected chi connectivity index (χ3v) is 4.10. The summed E-state index contributed by atoms with van der Waals surface area (Å²) in [6.07, 6.45) is 6.19. The second-order valence-corrected chi connectivity index (χ2v) is 6.82. The molecule has 0 amide bonds. The smallest absolute Gasteiger partial charge is 0.309 e. The number of aliphatic carboxylic acids is 1. The zero-order chi connectivity index (χ0) is 14.8. The highest BCUT2D eigenvalue weighted by Crippen LogP contribution is 2.49. The Morgan fingerprint density at radius 3 is 2.45 bits per heavy atom. The number of carboxylic acid groups (broad SMARTS) is 1. The van der Waals surface area contributed by atoms with Crippen LogP contribution in [0.3, 0.4) is 0 Å². The van der Waals surface area contributed by atoms with Gasteiger partial charge in [-0.15, -0.1) is 0 Å². The van der Waals surface area contributed by atoms with Crippen molar-refractivity contribution in [3.05, 3.63) is 18.0 Å². The number of hydrogen-bond acceptors (Lipinski definition) is 5. The third-order valence-electron chi connectivity index (χ3n) is 3.23. The van der Waals surface area contributed by atoms with Crippen molar-refractivity contribution in [1.82, 2.24) is 9.97 Å². The van der Waals surface area contributed by atoms with Gasteiger partial charge < -0.3 is 5.11 Å². The van der Waals surface area contributed by atoms with E-state index in [1.165, 1.54) is 12.4 Å². The molecule has 1 aromatic rings. The highest BCUT2D eigenvalue weighted by atomic mass is 32.2. The van der Waals surface area contributed by atoms with Crippen molar-refractivity contribution in [1.29, 1.82) is 0 Å². The van der Waals surface area contributed by atoms with E-state index in [4.69, 9.17) is 5.11 Å². The van der Waals surface area contributed by atoms with Crippen LogP contribution in [-0.2, 0) is 14.6 Å². The van der Waals surface area contributed by atoms with Crippen LogP contribution < -0.4 is 0 Å². The standard InChI is InChI=1S/C13H14N2O4S/c1-20(18,19)12-14-8-10(9-15-12)4-2-3-5-13(6-7-13)11(16)17/h8-9H,3,5-7H2,1H3,(H,16,17). The molecule has 7 heteroatoms. The number of carbonyl (C=O) groups is 1. The van der Waals surface area contributed by atoms with Gasteiger partial charge in [-0.3, -0.25) is 4.79 Å². The van der Waals surface area contributed by atoms with E-state index >= 15 is 0 Å². The molecule has 0 unspecified atom stereocenters. The van der Waals surface area contributed by atoms with Crippen molar-refractivity contribution in [3.63, 3.8) is 0 Å². The van der Waals surface area contributed by atoms with Crippen LogP contribution in [-0.4, -0.2) is 35.7 Å². The number of nitrogens with zero attached hydrogens (tertiary/aromatic N) is 2. The molecule has 0 aliphatic heterocycles. The van der Waals surface area contributed by atoms with Crippen molar-refractivity contribution in [2.24, 2.45) is 5.41 Å². The molecule has 0 atom stereocenters. The fourth-order valence-corrected chi connectivity index (χ4v) is 2.25. The average molecular weight is 294 g/mol. The van der Waals surface area contributed by atoms with Crippen LogP contribution in [0, 0.1) is 17.3 Å². The van der Waals surface area contributed by atoms with Crippen molar-refractivity contribution >= 4 is 15.8 Å². The Bertz CT molecular complexity index is 679. The quantitative estimate of drug-likeness (QED) is 0.654. The predicted octanol–water partition coefficient (Wildman–Crippen LogP) is 0.877. The number of carboxylic acids is 1. The Labute approximate surface area is 117 Å². The Balaban J connectivity index is 1.95. The summed E-state index contributed by atoms with van der Waals surface area (Å²) in [5.74, 6) is 4.92. The molecule has 1 N–H and O–H groups in total. The van der Waals surface area contributed by atoms with Gasteiger partial charge in [0.25, 0.3) is 0 Å². The van der Waals surface area contributed by atoms with Gasteiger partial charge in [-0.25, -0.2) is 18.4 Å². The minimum absolute atomic E-state index is 0.231. The van der Waals surface area contributed by atoms with Gasteiger partial charge in [0.05, 0.1) is 11.0 Å². The zero-order valence-electron chi connectivity index (χ0n) is 11.0. The highest BCUT2D eigenvalue weighted by molar-refractivity contribution is 7.90. The predicted molar refractivity (Wildman–Crippen MR) is 70.6 cm³/mol. The summed E-state index contributed by atoms with van der Waals surface area (Å²) in [5.41, 5.74) is -0.0525. The van der Waals surface area contributed by atoms with E-state index in [1.54, 1.807) is 0 Å². The van der Waals surface area contributed by atoms with Crippen molar-refractivity contribution in [3.8, 4) is 11.8 Å². The molecule has 1 aromatic heterocycles.